The minimum Gasteiger partial charge on any atom is -0.468 e. The van der Waals surface area contributed by atoms with E-state index in [1.807, 2.05) is 12.1 Å². The predicted octanol–water partition coefficient (Wildman–Crippen LogP) is 1.67. The fourth-order valence-electron chi connectivity index (χ4n) is 1.77. The maximum atomic E-state index is 10.9. The summed E-state index contributed by atoms with van der Waals surface area (Å²) in [6.45, 7) is 3.00. The van der Waals surface area contributed by atoms with E-state index in [9.17, 15) is 4.79 Å². The van der Waals surface area contributed by atoms with Gasteiger partial charge in [-0.05, 0) is 24.5 Å². The van der Waals surface area contributed by atoms with Crippen LogP contribution in [0.2, 0.25) is 0 Å². The van der Waals surface area contributed by atoms with E-state index < -0.39 is 0 Å². The van der Waals surface area contributed by atoms with E-state index >= 15 is 0 Å². The molecular formula is C12H17NO3. The highest BCUT2D eigenvalue weighted by molar-refractivity contribution is 5.71. The van der Waals surface area contributed by atoms with E-state index in [0.717, 1.165) is 17.4 Å². The van der Waals surface area contributed by atoms with Crippen molar-refractivity contribution in [2.24, 2.45) is 5.92 Å². The first kappa shape index (κ1) is 11.2. The number of hydrogen-bond acceptors (Lipinski definition) is 4. The molecule has 0 spiro atoms. The normalized spacial score (nSPS) is 23.1. The molecule has 0 aliphatic heterocycles. The number of rotatable bonds is 5. The van der Waals surface area contributed by atoms with Gasteiger partial charge in [-0.15, -0.1) is 0 Å². The van der Waals surface area contributed by atoms with Gasteiger partial charge in [-0.1, -0.05) is 6.92 Å². The Balaban J connectivity index is 1.77. The fourth-order valence-corrected chi connectivity index (χ4v) is 1.77. The van der Waals surface area contributed by atoms with Gasteiger partial charge in [-0.3, -0.25) is 10.1 Å². The summed E-state index contributed by atoms with van der Waals surface area (Å²) in [5.41, 5.74) is 0. The minimum atomic E-state index is -0.261. The average molecular weight is 223 g/mol. The molecule has 16 heavy (non-hydrogen) atoms. The number of methoxy groups -OCH3 is 1. The van der Waals surface area contributed by atoms with Crippen LogP contribution >= 0.6 is 0 Å². The van der Waals surface area contributed by atoms with E-state index in [1.54, 1.807) is 0 Å². The van der Waals surface area contributed by atoms with Crippen molar-refractivity contribution in [1.82, 2.24) is 5.32 Å². The van der Waals surface area contributed by atoms with Gasteiger partial charge in [0, 0.05) is 5.92 Å². The second-order valence-electron chi connectivity index (χ2n) is 4.30. The van der Waals surface area contributed by atoms with Crippen LogP contribution in [0.25, 0.3) is 0 Å². The van der Waals surface area contributed by atoms with Gasteiger partial charge in [0.2, 0.25) is 0 Å². The quantitative estimate of drug-likeness (QED) is 0.771. The van der Waals surface area contributed by atoms with Gasteiger partial charge in [0.25, 0.3) is 0 Å². The summed E-state index contributed by atoms with van der Waals surface area (Å²) < 4.78 is 10.2. The number of carbonyl (C=O) groups excluding carboxylic acids is 1. The molecule has 88 valence electrons. The van der Waals surface area contributed by atoms with Crippen LogP contribution in [0.3, 0.4) is 0 Å². The zero-order valence-corrected chi connectivity index (χ0v) is 9.66. The predicted molar refractivity (Wildman–Crippen MR) is 59.0 cm³/mol. The molecule has 0 saturated heterocycles. The monoisotopic (exact) mass is 223 g/mol. The van der Waals surface area contributed by atoms with Crippen LogP contribution in [0, 0.1) is 5.92 Å². The first-order valence-corrected chi connectivity index (χ1v) is 5.57. The Morgan fingerprint density at radius 3 is 3.00 bits per heavy atom. The topological polar surface area (TPSA) is 51.5 Å². The summed E-state index contributed by atoms with van der Waals surface area (Å²) in [4.78, 5) is 10.9. The summed E-state index contributed by atoms with van der Waals surface area (Å²) in [6.07, 6.45) is 1.22. The fraction of sp³-hybridized carbons (Fsp3) is 0.583. The van der Waals surface area contributed by atoms with Crippen LogP contribution in [0.5, 0.6) is 0 Å². The number of ether oxygens (including phenoxy) is 1. The third-order valence-electron chi connectivity index (χ3n) is 2.95. The Morgan fingerprint density at radius 1 is 1.62 bits per heavy atom. The lowest BCUT2D eigenvalue weighted by Gasteiger charge is -2.00. The molecule has 1 aromatic rings. The van der Waals surface area contributed by atoms with Crippen LogP contribution in [0.15, 0.2) is 16.5 Å². The van der Waals surface area contributed by atoms with Crippen molar-refractivity contribution in [3.8, 4) is 0 Å². The molecule has 4 nitrogen and oxygen atoms in total. The lowest BCUT2D eigenvalue weighted by Crippen LogP contribution is -2.23. The Labute approximate surface area is 95.0 Å². The van der Waals surface area contributed by atoms with Crippen molar-refractivity contribution < 1.29 is 13.9 Å². The Hall–Kier alpha value is -1.29. The van der Waals surface area contributed by atoms with E-state index in [1.165, 1.54) is 13.5 Å². The first-order chi connectivity index (χ1) is 7.70. The van der Waals surface area contributed by atoms with Gasteiger partial charge in [0.15, 0.2) is 0 Å². The van der Waals surface area contributed by atoms with E-state index in [2.05, 4.69) is 17.0 Å². The van der Waals surface area contributed by atoms with E-state index in [4.69, 9.17) is 4.42 Å². The number of hydrogen-bond donors (Lipinski definition) is 1. The zero-order valence-electron chi connectivity index (χ0n) is 9.66. The maximum absolute atomic E-state index is 10.9. The highest BCUT2D eigenvalue weighted by Crippen LogP contribution is 2.47. The first-order valence-electron chi connectivity index (χ1n) is 5.57. The summed E-state index contributed by atoms with van der Waals surface area (Å²) in [7, 11) is 1.38. The minimum absolute atomic E-state index is 0.215. The van der Waals surface area contributed by atoms with Crippen molar-refractivity contribution in [3.05, 3.63) is 23.7 Å². The molecule has 1 aliphatic carbocycles. The lowest BCUT2D eigenvalue weighted by atomic mass is 10.3. The van der Waals surface area contributed by atoms with Gasteiger partial charge < -0.3 is 9.15 Å². The SMILES string of the molecule is COC(=O)CNCc1ccc(C2CC2C)o1. The van der Waals surface area contributed by atoms with E-state index in [0.29, 0.717) is 12.5 Å². The smallest absolute Gasteiger partial charge is 0.319 e. The van der Waals surface area contributed by atoms with Crippen molar-refractivity contribution >= 4 is 5.97 Å². The van der Waals surface area contributed by atoms with Gasteiger partial charge in [0.1, 0.15) is 11.5 Å². The molecule has 0 bridgehead atoms. The number of furan rings is 1. The van der Waals surface area contributed by atoms with Crippen LogP contribution in [-0.2, 0) is 16.1 Å². The number of carbonyl (C=O) groups is 1. The third-order valence-corrected chi connectivity index (χ3v) is 2.95. The summed E-state index contributed by atoms with van der Waals surface area (Å²) in [6, 6.07) is 3.99. The molecular weight excluding hydrogens is 206 g/mol. The summed E-state index contributed by atoms with van der Waals surface area (Å²) in [5, 5.41) is 2.97. The second-order valence-corrected chi connectivity index (χ2v) is 4.30. The molecule has 4 heteroatoms. The van der Waals surface area contributed by atoms with Crippen molar-refractivity contribution in [3.63, 3.8) is 0 Å². The Kier molecular flexibility index (Phi) is 3.29. The molecule has 1 N–H and O–H groups in total. The van der Waals surface area contributed by atoms with Crippen molar-refractivity contribution in [2.75, 3.05) is 13.7 Å². The van der Waals surface area contributed by atoms with Crippen LogP contribution in [-0.4, -0.2) is 19.6 Å². The number of esters is 1. The van der Waals surface area contributed by atoms with E-state index in [-0.39, 0.29) is 12.5 Å². The Morgan fingerprint density at radius 2 is 2.38 bits per heavy atom. The van der Waals surface area contributed by atoms with Crippen LogP contribution in [0.4, 0.5) is 0 Å². The van der Waals surface area contributed by atoms with Crippen molar-refractivity contribution in [2.45, 2.75) is 25.8 Å². The number of nitrogens with one attached hydrogen (secondary N) is 1. The molecule has 2 atom stereocenters. The van der Waals surface area contributed by atoms with Gasteiger partial charge in [-0.25, -0.2) is 0 Å². The largest absolute Gasteiger partial charge is 0.468 e. The highest BCUT2D eigenvalue weighted by Gasteiger charge is 2.36. The second kappa shape index (κ2) is 4.70. The molecule has 0 amide bonds. The standard InChI is InChI=1S/C12H17NO3/c1-8-5-10(8)11-4-3-9(16-11)6-13-7-12(14)15-2/h3-4,8,10,13H,5-7H2,1-2H3. The maximum Gasteiger partial charge on any atom is 0.319 e. The molecule has 0 radical (unpaired) electrons. The molecule has 1 heterocycles. The van der Waals surface area contributed by atoms with Gasteiger partial charge >= 0.3 is 5.97 Å². The van der Waals surface area contributed by atoms with Gasteiger partial charge in [0.05, 0.1) is 20.2 Å². The van der Waals surface area contributed by atoms with Crippen molar-refractivity contribution in [1.29, 1.82) is 0 Å². The lowest BCUT2D eigenvalue weighted by molar-refractivity contribution is -0.139. The molecule has 2 unspecified atom stereocenters. The molecule has 1 aliphatic rings. The highest BCUT2D eigenvalue weighted by atomic mass is 16.5. The summed E-state index contributed by atoms with van der Waals surface area (Å²) >= 11 is 0. The molecule has 2 rings (SSSR count). The summed E-state index contributed by atoms with van der Waals surface area (Å²) in [5.74, 6) is 3.04. The zero-order chi connectivity index (χ0) is 11.5. The van der Waals surface area contributed by atoms with Gasteiger partial charge in [-0.2, -0.15) is 0 Å². The molecule has 0 aromatic carbocycles. The Bertz CT molecular complexity index is 372. The average Bonchev–Trinajstić information content (AvgIpc) is 2.82. The molecule has 1 aromatic heterocycles. The van der Waals surface area contributed by atoms with Crippen LogP contribution in [0.1, 0.15) is 30.8 Å². The van der Waals surface area contributed by atoms with Crippen LogP contribution < -0.4 is 5.32 Å². The molecule has 1 saturated carbocycles. The molecule has 1 fully saturated rings. The third kappa shape index (κ3) is 2.64.